The van der Waals surface area contributed by atoms with Crippen molar-refractivity contribution < 1.29 is 14.7 Å². The Morgan fingerprint density at radius 1 is 0.838 bits per heavy atom. The molecule has 1 atom stereocenters. The van der Waals surface area contributed by atoms with E-state index in [1.165, 1.54) is 4.90 Å². The summed E-state index contributed by atoms with van der Waals surface area (Å²) in [5.41, 5.74) is 3.77. The number of anilines is 2. The minimum absolute atomic E-state index is 0.0720. The Morgan fingerprint density at radius 3 is 2.27 bits per heavy atom. The normalized spacial score (nSPS) is 17.1. The maximum atomic E-state index is 13.6. The van der Waals surface area contributed by atoms with E-state index in [0.717, 1.165) is 32.9 Å². The summed E-state index contributed by atoms with van der Waals surface area (Å²) >= 11 is 0. The molecule has 2 N–H and O–H groups in total. The lowest BCUT2D eigenvalue weighted by Crippen LogP contribution is -2.29. The topological polar surface area (TPSA) is 76.6 Å². The van der Waals surface area contributed by atoms with E-state index in [4.69, 9.17) is 0 Å². The molecule has 1 fully saturated rings. The summed E-state index contributed by atoms with van der Waals surface area (Å²) in [6.45, 7) is 0. The van der Waals surface area contributed by atoms with Gasteiger partial charge < -0.3 is 15.0 Å². The number of aliphatic hydroxyl groups excluding tert-OH is 1. The van der Waals surface area contributed by atoms with Crippen LogP contribution in [-0.2, 0) is 9.59 Å². The molecule has 37 heavy (non-hydrogen) atoms. The molecule has 1 amide bonds. The molecule has 1 aliphatic heterocycles. The van der Waals surface area contributed by atoms with E-state index in [1.54, 1.807) is 6.07 Å². The van der Waals surface area contributed by atoms with E-state index in [1.807, 2.05) is 110 Å². The van der Waals surface area contributed by atoms with Crippen LogP contribution in [0.5, 0.6) is 0 Å². The van der Waals surface area contributed by atoms with Crippen molar-refractivity contribution in [2.24, 2.45) is 0 Å². The zero-order valence-corrected chi connectivity index (χ0v) is 20.5. The highest BCUT2D eigenvalue weighted by Gasteiger charge is 2.47. The van der Waals surface area contributed by atoms with Crippen molar-refractivity contribution in [3.05, 3.63) is 114 Å². The highest BCUT2D eigenvalue weighted by atomic mass is 16.3. The van der Waals surface area contributed by atoms with Gasteiger partial charge in [0.1, 0.15) is 5.76 Å². The van der Waals surface area contributed by atoms with E-state index in [-0.39, 0.29) is 11.3 Å². The first-order chi connectivity index (χ1) is 18.0. The van der Waals surface area contributed by atoms with Crippen LogP contribution in [0, 0.1) is 0 Å². The second-order valence-electron chi connectivity index (χ2n) is 9.40. The summed E-state index contributed by atoms with van der Waals surface area (Å²) < 4.78 is 0. The fourth-order valence-corrected chi connectivity index (χ4v) is 5.20. The molecule has 1 aromatic heterocycles. The Balaban J connectivity index is 1.61. The van der Waals surface area contributed by atoms with Crippen molar-refractivity contribution in [2.75, 3.05) is 23.9 Å². The largest absolute Gasteiger partial charge is 0.507 e. The third-order valence-electron chi connectivity index (χ3n) is 7.05. The number of ketones is 1. The average Bonchev–Trinajstić information content (AvgIpc) is 3.46. The summed E-state index contributed by atoms with van der Waals surface area (Å²) in [7, 11) is 3.88. The predicted octanol–water partition coefficient (Wildman–Crippen LogP) is 6.01. The lowest BCUT2D eigenvalue weighted by Gasteiger charge is -2.25. The number of nitrogens with one attached hydrogen (secondary N) is 1. The summed E-state index contributed by atoms with van der Waals surface area (Å²) in [4.78, 5) is 33.9. The Morgan fingerprint density at radius 2 is 1.51 bits per heavy atom. The van der Waals surface area contributed by atoms with Crippen LogP contribution in [0.25, 0.3) is 27.4 Å². The molecule has 6 heteroatoms. The van der Waals surface area contributed by atoms with Gasteiger partial charge in [0.05, 0.1) is 11.6 Å². The van der Waals surface area contributed by atoms with Gasteiger partial charge in [-0.05, 0) is 41.1 Å². The van der Waals surface area contributed by atoms with Crippen molar-refractivity contribution in [2.45, 2.75) is 6.04 Å². The first-order valence-electron chi connectivity index (χ1n) is 12.1. The van der Waals surface area contributed by atoms with Crippen molar-refractivity contribution >= 4 is 50.5 Å². The molecular weight excluding hydrogens is 462 g/mol. The number of aliphatic hydroxyl groups is 1. The zero-order chi connectivity index (χ0) is 25.7. The minimum atomic E-state index is -0.805. The Labute approximate surface area is 214 Å². The summed E-state index contributed by atoms with van der Waals surface area (Å²) in [6.07, 6.45) is 1.82. The Hall–Kier alpha value is -4.84. The van der Waals surface area contributed by atoms with Crippen molar-refractivity contribution in [3.8, 4) is 0 Å². The number of carbonyl (C=O) groups excluding carboxylic acids is 2. The number of hydrogen-bond donors (Lipinski definition) is 2. The number of H-pyrrole nitrogens is 1. The molecule has 1 unspecified atom stereocenters. The van der Waals surface area contributed by atoms with Crippen molar-refractivity contribution in [1.29, 1.82) is 0 Å². The number of aromatic amines is 1. The molecular formula is C31H25N3O3. The number of para-hydroxylation sites is 1. The molecule has 1 aliphatic rings. The van der Waals surface area contributed by atoms with Crippen LogP contribution in [0.1, 0.15) is 17.2 Å². The SMILES string of the molecule is CN(C)c1ccc(N2C(=O)C(=O)/C(=C(/O)c3cccc4ccccc34)C2c2c[nH]c3ccccc23)cc1. The van der Waals surface area contributed by atoms with E-state index in [9.17, 15) is 14.7 Å². The van der Waals surface area contributed by atoms with Crippen LogP contribution in [0.15, 0.2) is 103 Å². The second kappa shape index (κ2) is 8.68. The van der Waals surface area contributed by atoms with Crippen LogP contribution in [-0.4, -0.2) is 35.9 Å². The van der Waals surface area contributed by atoms with Crippen molar-refractivity contribution in [3.63, 3.8) is 0 Å². The van der Waals surface area contributed by atoms with Gasteiger partial charge in [-0.2, -0.15) is 0 Å². The number of benzene rings is 4. The smallest absolute Gasteiger partial charge is 0.300 e. The van der Waals surface area contributed by atoms with Crippen LogP contribution in [0.3, 0.4) is 0 Å². The fourth-order valence-electron chi connectivity index (χ4n) is 5.20. The monoisotopic (exact) mass is 487 g/mol. The molecule has 182 valence electrons. The number of amides is 1. The van der Waals surface area contributed by atoms with Gasteiger partial charge in [-0.15, -0.1) is 0 Å². The number of nitrogens with zero attached hydrogens (tertiary/aromatic N) is 2. The van der Waals surface area contributed by atoms with E-state index >= 15 is 0 Å². The third-order valence-corrected chi connectivity index (χ3v) is 7.05. The molecule has 0 aliphatic carbocycles. The lowest BCUT2D eigenvalue weighted by atomic mass is 9.93. The molecule has 6 nitrogen and oxygen atoms in total. The predicted molar refractivity (Wildman–Crippen MR) is 148 cm³/mol. The van der Waals surface area contributed by atoms with Crippen LogP contribution >= 0.6 is 0 Å². The molecule has 0 radical (unpaired) electrons. The van der Waals surface area contributed by atoms with Crippen molar-refractivity contribution in [1.82, 2.24) is 4.98 Å². The fraction of sp³-hybridized carbons (Fsp3) is 0.0968. The molecule has 5 aromatic rings. The Bertz CT molecular complexity index is 1710. The van der Waals surface area contributed by atoms with Gasteiger partial charge in [-0.25, -0.2) is 0 Å². The van der Waals surface area contributed by atoms with Crippen LogP contribution in [0.4, 0.5) is 11.4 Å². The maximum Gasteiger partial charge on any atom is 0.300 e. The molecule has 1 saturated heterocycles. The molecule has 4 aromatic carbocycles. The first-order valence-corrected chi connectivity index (χ1v) is 12.1. The van der Waals surface area contributed by atoms with Gasteiger partial charge in [-0.3, -0.25) is 14.5 Å². The number of aromatic nitrogens is 1. The average molecular weight is 488 g/mol. The van der Waals surface area contributed by atoms with E-state index in [2.05, 4.69) is 4.98 Å². The number of rotatable bonds is 4. The standard InChI is InChI=1S/C31H25N3O3/c1-33(2)20-14-16-21(17-15-20)34-28(25-18-32-26-13-6-5-11-23(25)26)27(30(36)31(34)37)29(35)24-12-7-9-19-8-3-4-10-22(19)24/h3-18,28,32,35H,1-2H3/b29-27+. The second-order valence-corrected chi connectivity index (χ2v) is 9.40. The quantitative estimate of drug-likeness (QED) is 0.185. The Kier molecular flexibility index (Phi) is 5.30. The van der Waals surface area contributed by atoms with Gasteiger partial charge in [0, 0.05) is 53.7 Å². The van der Waals surface area contributed by atoms with Gasteiger partial charge in [0.2, 0.25) is 0 Å². The van der Waals surface area contributed by atoms with E-state index in [0.29, 0.717) is 11.3 Å². The van der Waals surface area contributed by atoms with Crippen LogP contribution in [0.2, 0.25) is 0 Å². The van der Waals surface area contributed by atoms with E-state index < -0.39 is 17.7 Å². The molecule has 6 rings (SSSR count). The number of hydrogen-bond acceptors (Lipinski definition) is 4. The minimum Gasteiger partial charge on any atom is -0.507 e. The number of fused-ring (bicyclic) bond motifs is 2. The molecule has 2 heterocycles. The summed E-state index contributed by atoms with van der Waals surface area (Å²) in [6, 6.07) is 27.7. The highest BCUT2D eigenvalue weighted by molar-refractivity contribution is 6.52. The summed E-state index contributed by atoms with van der Waals surface area (Å²) in [5.74, 6) is -1.56. The van der Waals surface area contributed by atoms with Gasteiger partial charge >= 0.3 is 0 Å². The number of carbonyl (C=O) groups is 2. The van der Waals surface area contributed by atoms with Crippen LogP contribution < -0.4 is 9.80 Å². The maximum absolute atomic E-state index is 13.6. The van der Waals surface area contributed by atoms with Gasteiger partial charge in [-0.1, -0.05) is 60.7 Å². The molecule has 0 spiro atoms. The number of Topliss-reactive ketones (excluding diaryl/α,β-unsaturated/α-hetero) is 1. The van der Waals surface area contributed by atoms with Gasteiger partial charge in [0.25, 0.3) is 11.7 Å². The molecule has 0 saturated carbocycles. The zero-order valence-electron chi connectivity index (χ0n) is 20.5. The summed E-state index contributed by atoms with van der Waals surface area (Å²) in [5, 5.41) is 14.3. The first kappa shape index (κ1) is 22.6. The lowest BCUT2D eigenvalue weighted by molar-refractivity contribution is -0.132. The molecule has 0 bridgehead atoms. The highest BCUT2D eigenvalue weighted by Crippen LogP contribution is 2.45. The van der Waals surface area contributed by atoms with Gasteiger partial charge in [0.15, 0.2) is 0 Å². The third kappa shape index (κ3) is 3.57.